The number of halogens is 1. The van der Waals surface area contributed by atoms with Crippen molar-refractivity contribution >= 4 is 27.7 Å². The minimum atomic E-state index is 0.0589. The summed E-state index contributed by atoms with van der Waals surface area (Å²) in [6, 6.07) is 15.5. The van der Waals surface area contributed by atoms with Gasteiger partial charge in [-0.25, -0.2) is 0 Å². The molecule has 4 heterocycles. The van der Waals surface area contributed by atoms with Gasteiger partial charge in [-0.3, -0.25) is 0 Å². The Bertz CT molecular complexity index is 787. The van der Waals surface area contributed by atoms with Crippen molar-refractivity contribution in [3.05, 3.63) is 63.6 Å². The van der Waals surface area contributed by atoms with Gasteiger partial charge >= 0.3 is 0 Å². The van der Waals surface area contributed by atoms with Gasteiger partial charge in [0.25, 0.3) is 0 Å². The number of hydrogen-bond donors (Lipinski definition) is 1. The molecular weight excluding hydrogens is 394 g/mol. The van der Waals surface area contributed by atoms with Crippen molar-refractivity contribution in [2.45, 2.75) is 35.7 Å². The Morgan fingerprint density at radius 2 is 1.88 bits per heavy atom. The van der Waals surface area contributed by atoms with E-state index in [-0.39, 0.29) is 6.10 Å². The van der Waals surface area contributed by atoms with Crippen molar-refractivity contribution in [2.75, 3.05) is 19.6 Å². The van der Waals surface area contributed by atoms with E-state index in [1.807, 2.05) is 11.8 Å². The maximum atomic E-state index is 6.90. The van der Waals surface area contributed by atoms with Gasteiger partial charge in [-0.1, -0.05) is 40.2 Å². The second kappa shape index (κ2) is 6.73. The predicted octanol–water partition coefficient (Wildman–Crippen LogP) is 3.84. The maximum absolute atomic E-state index is 6.90. The van der Waals surface area contributed by atoms with Crippen molar-refractivity contribution < 1.29 is 9.64 Å². The molecule has 0 unspecified atom stereocenters. The van der Waals surface area contributed by atoms with E-state index in [4.69, 9.17) is 4.74 Å². The fourth-order valence-electron chi connectivity index (χ4n) is 4.66. The van der Waals surface area contributed by atoms with Crippen molar-refractivity contribution in [3.8, 4) is 0 Å². The largest absolute Gasteiger partial charge is 0.359 e. The quantitative estimate of drug-likeness (QED) is 0.798. The Kier molecular flexibility index (Phi) is 4.41. The smallest absolute Gasteiger partial charge is 0.111 e. The Morgan fingerprint density at radius 3 is 2.68 bits per heavy atom. The molecule has 2 nitrogen and oxygen atoms in total. The highest BCUT2D eigenvalue weighted by Crippen LogP contribution is 2.43. The molecule has 130 valence electrons. The first kappa shape index (κ1) is 16.4. The zero-order chi connectivity index (χ0) is 16.8. The van der Waals surface area contributed by atoms with E-state index in [0.29, 0.717) is 6.10 Å². The Labute approximate surface area is 162 Å². The first-order valence-corrected chi connectivity index (χ1v) is 11.0. The minimum absolute atomic E-state index is 0.0589. The summed E-state index contributed by atoms with van der Waals surface area (Å²) in [5, 5.41) is 0. The summed E-state index contributed by atoms with van der Waals surface area (Å²) in [4.78, 5) is 3.09. The molecule has 0 spiro atoms. The van der Waals surface area contributed by atoms with Crippen LogP contribution in [0.5, 0.6) is 0 Å². The van der Waals surface area contributed by atoms with Gasteiger partial charge in [0, 0.05) is 33.9 Å². The molecule has 2 atom stereocenters. The zero-order valence-corrected chi connectivity index (χ0v) is 16.6. The fraction of sp³-hybridized carbons (Fsp3) is 0.429. The first-order valence-electron chi connectivity index (χ1n) is 9.27. The molecule has 3 saturated heterocycles. The molecule has 4 aliphatic rings. The Hall–Kier alpha value is -0.810. The van der Waals surface area contributed by atoms with E-state index in [2.05, 4.69) is 58.4 Å². The summed E-state index contributed by atoms with van der Waals surface area (Å²) in [5.74, 6) is 1.77. The minimum Gasteiger partial charge on any atom is -0.359 e. The highest BCUT2D eigenvalue weighted by atomic mass is 79.9. The zero-order valence-electron chi connectivity index (χ0n) is 14.2. The molecule has 2 aromatic carbocycles. The molecule has 2 bridgehead atoms. The average Bonchev–Trinajstić information content (AvgIpc) is 2.80. The number of quaternary nitrogens is 1. The molecule has 0 amide bonds. The topological polar surface area (TPSA) is 13.7 Å². The van der Waals surface area contributed by atoms with Gasteiger partial charge in [0.15, 0.2) is 0 Å². The molecule has 4 aliphatic heterocycles. The fourth-order valence-corrected chi connectivity index (χ4v) is 6.11. The molecule has 25 heavy (non-hydrogen) atoms. The molecule has 0 aromatic heterocycles. The van der Waals surface area contributed by atoms with E-state index >= 15 is 0 Å². The van der Waals surface area contributed by atoms with E-state index < -0.39 is 0 Å². The third-order valence-corrected chi connectivity index (χ3v) is 7.67. The lowest BCUT2D eigenvalue weighted by Gasteiger charge is -2.43. The summed E-state index contributed by atoms with van der Waals surface area (Å²) in [6.07, 6.45) is 3.11. The van der Waals surface area contributed by atoms with Crippen LogP contribution in [-0.4, -0.2) is 25.7 Å². The number of thioether (sulfide) groups is 1. The highest BCUT2D eigenvalue weighted by molar-refractivity contribution is 9.10. The van der Waals surface area contributed by atoms with Gasteiger partial charge in [-0.15, -0.1) is 11.8 Å². The summed E-state index contributed by atoms with van der Waals surface area (Å²) < 4.78 is 8.04. The van der Waals surface area contributed by atoms with Gasteiger partial charge < -0.3 is 9.64 Å². The molecular formula is C21H23BrNOS+. The van der Waals surface area contributed by atoms with Crippen molar-refractivity contribution in [3.63, 3.8) is 0 Å². The molecule has 4 heteroatoms. The number of rotatable bonds is 2. The molecule has 1 N–H and O–H groups in total. The number of fused-ring (bicyclic) bond motifs is 5. The summed E-state index contributed by atoms with van der Waals surface area (Å²) >= 11 is 5.61. The van der Waals surface area contributed by atoms with Crippen LogP contribution in [0.4, 0.5) is 0 Å². The van der Waals surface area contributed by atoms with Crippen LogP contribution in [0, 0.1) is 5.92 Å². The van der Waals surface area contributed by atoms with E-state index in [9.17, 15) is 0 Å². The number of ether oxygens (including phenoxy) is 1. The van der Waals surface area contributed by atoms with E-state index in [0.717, 1.165) is 16.1 Å². The van der Waals surface area contributed by atoms with Crippen molar-refractivity contribution in [1.82, 2.24) is 0 Å². The van der Waals surface area contributed by atoms with Gasteiger partial charge in [0.1, 0.15) is 18.8 Å². The first-order chi connectivity index (χ1) is 12.3. The molecule has 2 aromatic rings. The number of hydrogen-bond acceptors (Lipinski definition) is 2. The van der Waals surface area contributed by atoms with E-state index in [1.165, 1.54) is 54.1 Å². The lowest BCUT2D eigenvalue weighted by Crippen LogP contribution is -3.16. The Morgan fingerprint density at radius 1 is 1.04 bits per heavy atom. The molecule has 0 radical (unpaired) electrons. The van der Waals surface area contributed by atoms with Crippen molar-refractivity contribution in [2.24, 2.45) is 5.92 Å². The summed E-state index contributed by atoms with van der Waals surface area (Å²) in [6.45, 7) is 3.85. The van der Waals surface area contributed by atoms with Crippen LogP contribution in [0.15, 0.2) is 51.8 Å². The summed E-state index contributed by atoms with van der Waals surface area (Å²) in [7, 11) is 0. The monoisotopic (exact) mass is 416 g/mol. The van der Waals surface area contributed by atoms with Gasteiger partial charge in [-0.05, 0) is 34.9 Å². The van der Waals surface area contributed by atoms with Gasteiger partial charge in [-0.2, -0.15) is 0 Å². The molecule has 0 saturated carbocycles. The maximum Gasteiger partial charge on any atom is 0.111 e. The lowest BCUT2D eigenvalue weighted by molar-refractivity contribution is -0.920. The van der Waals surface area contributed by atoms with Gasteiger partial charge in [0.2, 0.25) is 0 Å². The standard InChI is InChI=1S/C21H22BrNOS/c22-16-5-6-20-18(11-16)21(17-4-2-1-3-15(17)13-25-20)24-19-12-23-9-7-14(19)8-10-23/h1-6,11,14,19,21H,7-10,12-13H2/p+1/t19-,21+/m1/s1. The van der Waals surface area contributed by atoms with E-state index in [1.54, 1.807) is 4.90 Å². The third kappa shape index (κ3) is 3.08. The molecule has 0 aliphatic carbocycles. The van der Waals surface area contributed by atoms with Crippen LogP contribution in [0.3, 0.4) is 0 Å². The number of piperidine rings is 3. The van der Waals surface area contributed by atoms with Crippen LogP contribution in [-0.2, 0) is 10.5 Å². The summed E-state index contributed by atoms with van der Waals surface area (Å²) in [5.41, 5.74) is 4.10. The second-order valence-electron chi connectivity index (χ2n) is 7.52. The third-order valence-electron chi connectivity index (χ3n) is 6.04. The van der Waals surface area contributed by atoms with Crippen LogP contribution >= 0.6 is 27.7 Å². The predicted molar refractivity (Wildman–Crippen MR) is 105 cm³/mol. The van der Waals surface area contributed by atoms with Crippen LogP contribution in [0.2, 0.25) is 0 Å². The second-order valence-corrected chi connectivity index (χ2v) is 9.45. The van der Waals surface area contributed by atoms with Crippen molar-refractivity contribution in [1.29, 1.82) is 0 Å². The van der Waals surface area contributed by atoms with Crippen LogP contribution in [0.1, 0.15) is 35.6 Å². The SMILES string of the molecule is Brc1ccc2c(c1)[C@@H](O[C@@H]1C[NH+]3CCC1CC3)c1ccccc1CS2. The Balaban J connectivity index is 1.56. The normalized spacial score (nSPS) is 30.4. The highest BCUT2D eigenvalue weighted by Gasteiger charge is 2.40. The number of nitrogens with one attached hydrogen (secondary N) is 1. The number of benzene rings is 2. The average molecular weight is 417 g/mol. The molecule has 3 fully saturated rings. The van der Waals surface area contributed by atoms with Gasteiger partial charge in [0.05, 0.1) is 13.1 Å². The molecule has 6 rings (SSSR count). The lowest BCUT2D eigenvalue weighted by atomic mass is 9.85. The van der Waals surface area contributed by atoms with Crippen LogP contribution in [0.25, 0.3) is 0 Å². The van der Waals surface area contributed by atoms with Crippen LogP contribution < -0.4 is 4.90 Å².